The summed E-state index contributed by atoms with van der Waals surface area (Å²) in [6.07, 6.45) is 1.02. The Balaban J connectivity index is 2.02. The Morgan fingerprint density at radius 1 is 0.919 bits per heavy atom. The van der Waals surface area contributed by atoms with Crippen LogP contribution in [0.4, 0.5) is 24.5 Å². The average Bonchev–Trinajstić information content (AvgIpc) is 2.75. The van der Waals surface area contributed by atoms with E-state index in [0.29, 0.717) is 28.9 Å². The van der Waals surface area contributed by atoms with Gasteiger partial charge in [0.25, 0.3) is 5.91 Å². The van der Waals surface area contributed by atoms with Crippen LogP contribution in [0.2, 0.25) is 0 Å². The van der Waals surface area contributed by atoms with Crippen molar-refractivity contribution in [2.75, 3.05) is 22.4 Å². The molecule has 7 nitrogen and oxygen atoms in total. The van der Waals surface area contributed by atoms with Gasteiger partial charge in [-0.2, -0.15) is 0 Å². The minimum Gasteiger partial charge on any atom is -0.459 e. The first-order valence-corrected chi connectivity index (χ1v) is 12.9. The van der Waals surface area contributed by atoms with E-state index in [4.69, 9.17) is 4.74 Å². The largest absolute Gasteiger partial charge is 0.459 e. The van der Waals surface area contributed by atoms with E-state index in [1.807, 2.05) is 0 Å². The summed E-state index contributed by atoms with van der Waals surface area (Å²) in [7, 11) is -3.47. The second-order valence-corrected chi connectivity index (χ2v) is 11.0. The summed E-state index contributed by atoms with van der Waals surface area (Å²) in [5.41, 5.74) is -0.259. The number of amides is 1. The Morgan fingerprint density at radius 2 is 1.51 bits per heavy atom. The number of rotatable bonds is 7. The molecule has 0 atom stereocenters. The third kappa shape index (κ3) is 7.56. The summed E-state index contributed by atoms with van der Waals surface area (Å²) < 4.78 is 72.8. The van der Waals surface area contributed by atoms with Gasteiger partial charge < -0.3 is 4.74 Å². The summed E-state index contributed by atoms with van der Waals surface area (Å²) >= 11 is 0. The molecule has 3 aromatic rings. The molecule has 37 heavy (non-hydrogen) atoms. The van der Waals surface area contributed by atoms with Gasteiger partial charge in [0.15, 0.2) is 0 Å². The summed E-state index contributed by atoms with van der Waals surface area (Å²) in [5.74, 6) is -6.05. The fourth-order valence-electron chi connectivity index (χ4n) is 3.46. The number of nitrogens with one attached hydrogen (secondary N) is 1. The molecule has 0 aromatic heterocycles. The Kier molecular flexibility index (Phi) is 7.97. The van der Waals surface area contributed by atoms with Gasteiger partial charge in [-0.05, 0) is 56.2 Å². The van der Waals surface area contributed by atoms with Gasteiger partial charge in [0, 0.05) is 23.5 Å². The number of anilines is 2. The Bertz CT molecular complexity index is 1410. The highest BCUT2D eigenvalue weighted by atomic mass is 32.2. The number of benzene rings is 3. The molecule has 3 rings (SSSR count). The molecule has 3 aromatic carbocycles. The molecule has 0 radical (unpaired) electrons. The van der Waals surface area contributed by atoms with Crippen molar-refractivity contribution >= 4 is 33.3 Å². The highest BCUT2D eigenvalue weighted by Crippen LogP contribution is 2.28. The van der Waals surface area contributed by atoms with Gasteiger partial charge in [-0.1, -0.05) is 24.3 Å². The van der Waals surface area contributed by atoms with Crippen molar-refractivity contribution in [3.8, 4) is 11.1 Å². The number of nitrogens with zero attached hydrogens (tertiary/aromatic N) is 1. The van der Waals surface area contributed by atoms with E-state index in [1.54, 1.807) is 45.0 Å². The molecule has 1 N–H and O–H groups in total. The number of halogens is 3. The fourth-order valence-corrected chi connectivity index (χ4v) is 4.03. The standard InChI is InChI=1S/C26H25F3N2O5S/c1-26(2,3)36-23(32)15-31(25(33)24-21(28)13-18(27)14-22(24)29)20-7-5-6-17(12-20)16-8-10-19(11-9-16)30-37(4,34)35/h5-14,30H,15H2,1-4H3. The number of hydrogen-bond acceptors (Lipinski definition) is 5. The van der Waals surface area contributed by atoms with Gasteiger partial charge in [0.2, 0.25) is 10.0 Å². The van der Waals surface area contributed by atoms with Crippen LogP contribution in [-0.2, 0) is 19.6 Å². The van der Waals surface area contributed by atoms with Crippen LogP contribution in [0.5, 0.6) is 0 Å². The molecule has 11 heteroatoms. The monoisotopic (exact) mass is 534 g/mol. The van der Waals surface area contributed by atoms with Crippen molar-refractivity contribution in [2.24, 2.45) is 0 Å². The number of carbonyl (C=O) groups is 2. The van der Waals surface area contributed by atoms with Crippen LogP contribution in [0.1, 0.15) is 31.1 Å². The smallest absolute Gasteiger partial charge is 0.326 e. The molecular formula is C26H25F3N2O5S. The molecule has 0 aliphatic carbocycles. The molecule has 1 amide bonds. The Hall–Kier alpha value is -3.86. The molecule has 0 aliphatic heterocycles. The molecule has 0 heterocycles. The van der Waals surface area contributed by atoms with Crippen LogP contribution in [0.3, 0.4) is 0 Å². The lowest BCUT2D eigenvalue weighted by atomic mass is 10.0. The first-order valence-electron chi connectivity index (χ1n) is 11.0. The van der Waals surface area contributed by atoms with Gasteiger partial charge in [-0.15, -0.1) is 0 Å². The van der Waals surface area contributed by atoms with Crippen molar-refractivity contribution in [2.45, 2.75) is 26.4 Å². The van der Waals surface area contributed by atoms with E-state index in [9.17, 15) is 31.2 Å². The number of ether oxygens (including phenoxy) is 1. The van der Waals surface area contributed by atoms with Crippen LogP contribution in [-0.4, -0.2) is 38.7 Å². The van der Waals surface area contributed by atoms with Crippen molar-refractivity contribution in [1.29, 1.82) is 0 Å². The minimum atomic E-state index is -3.47. The minimum absolute atomic E-state index is 0.120. The molecule has 0 unspecified atom stereocenters. The lowest BCUT2D eigenvalue weighted by molar-refractivity contribution is -0.152. The zero-order valence-electron chi connectivity index (χ0n) is 20.5. The van der Waals surface area contributed by atoms with Crippen molar-refractivity contribution < 1.29 is 35.9 Å². The second-order valence-electron chi connectivity index (χ2n) is 9.22. The molecule has 0 saturated heterocycles. The summed E-state index contributed by atoms with van der Waals surface area (Å²) in [6.45, 7) is 4.20. The van der Waals surface area contributed by atoms with Gasteiger partial charge in [0.05, 0.1) is 6.26 Å². The highest BCUT2D eigenvalue weighted by Gasteiger charge is 2.29. The van der Waals surface area contributed by atoms with E-state index >= 15 is 0 Å². The number of esters is 1. The van der Waals surface area contributed by atoms with Gasteiger partial charge in [-0.25, -0.2) is 21.6 Å². The molecule has 0 bridgehead atoms. The third-order valence-corrected chi connectivity index (χ3v) is 5.46. The third-order valence-electron chi connectivity index (χ3n) is 4.85. The SMILES string of the molecule is CC(C)(C)OC(=O)CN(C(=O)c1c(F)cc(F)cc1F)c1cccc(-c2ccc(NS(C)(=O)=O)cc2)c1. The second kappa shape index (κ2) is 10.6. The van der Waals surface area contributed by atoms with Crippen molar-refractivity contribution in [3.05, 3.63) is 83.7 Å². The maximum Gasteiger partial charge on any atom is 0.326 e. The van der Waals surface area contributed by atoms with E-state index < -0.39 is 57.1 Å². The van der Waals surface area contributed by atoms with Crippen LogP contribution in [0, 0.1) is 17.5 Å². The van der Waals surface area contributed by atoms with E-state index in [0.717, 1.165) is 11.2 Å². The highest BCUT2D eigenvalue weighted by molar-refractivity contribution is 7.92. The van der Waals surface area contributed by atoms with Gasteiger partial charge in [0.1, 0.15) is 35.2 Å². The number of carbonyl (C=O) groups excluding carboxylic acids is 2. The van der Waals surface area contributed by atoms with E-state index in [1.165, 1.54) is 24.3 Å². The predicted molar refractivity (Wildman–Crippen MR) is 134 cm³/mol. The summed E-state index contributed by atoms with van der Waals surface area (Å²) in [4.78, 5) is 26.7. The predicted octanol–water partition coefficient (Wildman–Crippen LogP) is 5.13. The summed E-state index contributed by atoms with van der Waals surface area (Å²) in [5, 5.41) is 0. The fraction of sp³-hybridized carbons (Fsp3) is 0.231. The average molecular weight is 535 g/mol. The molecule has 0 aliphatic rings. The molecule has 0 spiro atoms. The van der Waals surface area contributed by atoms with Crippen molar-refractivity contribution in [3.63, 3.8) is 0 Å². The topological polar surface area (TPSA) is 92.8 Å². The zero-order valence-corrected chi connectivity index (χ0v) is 21.3. The number of sulfonamides is 1. The Morgan fingerprint density at radius 3 is 2.05 bits per heavy atom. The van der Waals surface area contributed by atoms with Gasteiger partial charge in [-0.3, -0.25) is 19.2 Å². The quantitative estimate of drug-likeness (QED) is 0.424. The first kappa shape index (κ1) is 27.7. The zero-order chi connectivity index (χ0) is 27.5. The van der Waals surface area contributed by atoms with Crippen LogP contribution in [0.15, 0.2) is 60.7 Å². The maximum atomic E-state index is 14.5. The van der Waals surface area contributed by atoms with Crippen LogP contribution < -0.4 is 9.62 Å². The molecule has 196 valence electrons. The lowest BCUT2D eigenvalue weighted by Gasteiger charge is -2.26. The molecular weight excluding hydrogens is 509 g/mol. The normalized spacial score (nSPS) is 11.6. The first-order chi connectivity index (χ1) is 17.1. The Labute approximate surface area is 212 Å². The maximum absolute atomic E-state index is 14.5. The van der Waals surface area contributed by atoms with Crippen LogP contribution in [0.25, 0.3) is 11.1 Å². The lowest BCUT2D eigenvalue weighted by Crippen LogP contribution is -2.39. The van der Waals surface area contributed by atoms with Crippen LogP contribution >= 0.6 is 0 Å². The molecule has 0 fully saturated rings. The van der Waals surface area contributed by atoms with Crippen molar-refractivity contribution in [1.82, 2.24) is 0 Å². The number of hydrogen-bond donors (Lipinski definition) is 1. The summed E-state index contributed by atoms with van der Waals surface area (Å²) in [6, 6.07) is 13.3. The molecule has 0 saturated carbocycles. The van der Waals surface area contributed by atoms with E-state index in [2.05, 4.69) is 4.72 Å². The van der Waals surface area contributed by atoms with E-state index in [-0.39, 0.29) is 5.69 Å². The van der Waals surface area contributed by atoms with Gasteiger partial charge >= 0.3 is 5.97 Å².